The van der Waals surface area contributed by atoms with Gasteiger partial charge in [0.25, 0.3) is 0 Å². The number of likely N-dealkylation sites (tertiary alicyclic amines) is 1. The molecule has 1 N–H and O–H groups in total. The molecule has 2 heterocycles. The minimum absolute atomic E-state index is 0.107. The molecule has 1 amide bonds. The van der Waals surface area contributed by atoms with Crippen LogP contribution in [0.4, 0.5) is 0 Å². The van der Waals surface area contributed by atoms with E-state index in [1.54, 1.807) is 0 Å². The van der Waals surface area contributed by atoms with Crippen LogP contribution >= 0.6 is 0 Å². The number of hydrogen-bond acceptors (Lipinski definition) is 3. The van der Waals surface area contributed by atoms with Crippen LogP contribution in [0, 0.1) is 0 Å². The number of H-pyrrole nitrogens is 1. The van der Waals surface area contributed by atoms with E-state index < -0.39 is 0 Å². The number of carbonyl (C=O) groups excluding carboxylic acids is 1. The average molecular weight is 250 g/mol. The van der Waals surface area contributed by atoms with Crippen LogP contribution in [-0.2, 0) is 4.79 Å². The zero-order valence-electron chi connectivity index (χ0n) is 11.1. The van der Waals surface area contributed by atoms with Crippen LogP contribution in [0.5, 0.6) is 0 Å². The van der Waals surface area contributed by atoms with E-state index in [1.807, 2.05) is 4.90 Å². The Morgan fingerprint density at radius 1 is 1.50 bits per heavy atom. The number of amides is 1. The maximum Gasteiger partial charge on any atom is 0.223 e. The Hall–Kier alpha value is -1.39. The molecule has 1 aliphatic rings. The van der Waals surface area contributed by atoms with E-state index in [9.17, 15) is 4.79 Å². The number of aromatic nitrogens is 3. The van der Waals surface area contributed by atoms with Gasteiger partial charge in [-0.2, -0.15) is 5.10 Å². The Kier molecular flexibility index (Phi) is 4.73. The molecule has 0 spiro atoms. The molecule has 0 radical (unpaired) electrons. The molecule has 5 nitrogen and oxygen atoms in total. The lowest BCUT2D eigenvalue weighted by molar-refractivity contribution is -0.135. The monoisotopic (exact) mass is 250 g/mol. The molecule has 1 fully saturated rings. The summed E-state index contributed by atoms with van der Waals surface area (Å²) >= 11 is 0. The lowest BCUT2D eigenvalue weighted by Crippen LogP contribution is -2.38. The van der Waals surface area contributed by atoms with Crippen molar-refractivity contribution in [2.24, 2.45) is 0 Å². The van der Waals surface area contributed by atoms with Crippen molar-refractivity contribution in [2.45, 2.75) is 57.9 Å². The van der Waals surface area contributed by atoms with Crippen LogP contribution in [0.25, 0.3) is 0 Å². The van der Waals surface area contributed by atoms with E-state index in [0.29, 0.717) is 6.42 Å². The maximum atomic E-state index is 12.2. The summed E-state index contributed by atoms with van der Waals surface area (Å²) in [6, 6.07) is 0.107. The van der Waals surface area contributed by atoms with Crippen LogP contribution in [-0.4, -0.2) is 32.5 Å². The molecule has 0 aliphatic carbocycles. The second-order valence-corrected chi connectivity index (χ2v) is 4.93. The Bertz CT molecular complexity index is 363. The van der Waals surface area contributed by atoms with Gasteiger partial charge < -0.3 is 4.90 Å². The second kappa shape index (κ2) is 6.52. The smallest absolute Gasteiger partial charge is 0.223 e. The first-order chi connectivity index (χ1) is 8.83. The van der Waals surface area contributed by atoms with Crippen molar-refractivity contribution >= 4 is 5.91 Å². The van der Waals surface area contributed by atoms with Crippen LogP contribution < -0.4 is 0 Å². The molecule has 0 bridgehead atoms. The Morgan fingerprint density at radius 3 is 3.11 bits per heavy atom. The van der Waals surface area contributed by atoms with Crippen LogP contribution in [0.2, 0.25) is 0 Å². The number of aromatic amines is 1. The molecule has 1 saturated heterocycles. The van der Waals surface area contributed by atoms with Crippen molar-refractivity contribution in [3.8, 4) is 0 Å². The molecule has 100 valence electrons. The number of rotatable bonds is 5. The molecule has 1 aromatic heterocycles. The lowest BCUT2D eigenvalue weighted by Gasteiger charge is -2.34. The first-order valence-electron chi connectivity index (χ1n) is 6.97. The summed E-state index contributed by atoms with van der Waals surface area (Å²) in [4.78, 5) is 18.4. The molecule has 1 aliphatic heterocycles. The number of nitrogens with one attached hydrogen (secondary N) is 1. The van der Waals surface area contributed by atoms with E-state index in [4.69, 9.17) is 0 Å². The highest BCUT2D eigenvalue weighted by molar-refractivity contribution is 5.76. The predicted molar refractivity (Wildman–Crippen MR) is 68.8 cm³/mol. The molecule has 0 unspecified atom stereocenters. The minimum atomic E-state index is 0.107. The van der Waals surface area contributed by atoms with Gasteiger partial charge >= 0.3 is 0 Å². The summed E-state index contributed by atoms with van der Waals surface area (Å²) in [6.45, 7) is 3.01. The first-order valence-corrected chi connectivity index (χ1v) is 6.97. The third kappa shape index (κ3) is 3.09. The summed E-state index contributed by atoms with van der Waals surface area (Å²) in [7, 11) is 0. The van der Waals surface area contributed by atoms with Crippen molar-refractivity contribution in [3.63, 3.8) is 0 Å². The number of unbranched alkanes of at least 4 members (excludes halogenated alkanes) is 2. The van der Waals surface area contributed by atoms with E-state index in [1.165, 1.54) is 6.33 Å². The number of hydrogen-bond donors (Lipinski definition) is 1. The van der Waals surface area contributed by atoms with E-state index in [2.05, 4.69) is 22.1 Å². The fourth-order valence-electron chi connectivity index (χ4n) is 2.56. The predicted octanol–water partition coefficient (Wildman–Crippen LogP) is 2.44. The van der Waals surface area contributed by atoms with Crippen LogP contribution in [0.15, 0.2) is 6.33 Å². The fourth-order valence-corrected chi connectivity index (χ4v) is 2.56. The topological polar surface area (TPSA) is 61.9 Å². The quantitative estimate of drug-likeness (QED) is 0.816. The van der Waals surface area contributed by atoms with Gasteiger partial charge in [-0.25, -0.2) is 4.98 Å². The molecule has 1 aromatic rings. The van der Waals surface area contributed by atoms with Gasteiger partial charge in [0.2, 0.25) is 5.91 Å². The zero-order chi connectivity index (χ0) is 12.8. The van der Waals surface area contributed by atoms with Crippen molar-refractivity contribution in [3.05, 3.63) is 12.2 Å². The van der Waals surface area contributed by atoms with Crippen LogP contribution in [0.3, 0.4) is 0 Å². The minimum Gasteiger partial charge on any atom is -0.332 e. The van der Waals surface area contributed by atoms with Crippen molar-refractivity contribution in [1.82, 2.24) is 20.1 Å². The highest BCUT2D eigenvalue weighted by atomic mass is 16.2. The molecule has 18 heavy (non-hydrogen) atoms. The average Bonchev–Trinajstić information content (AvgIpc) is 2.93. The van der Waals surface area contributed by atoms with Gasteiger partial charge in [0.15, 0.2) is 0 Å². The first kappa shape index (κ1) is 13.1. The third-order valence-corrected chi connectivity index (χ3v) is 3.57. The van der Waals surface area contributed by atoms with E-state index >= 15 is 0 Å². The summed E-state index contributed by atoms with van der Waals surface area (Å²) < 4.78 is 0. The molecule has 1 atom stereocenters. The molecule has 0 aromatic carbocycles. The van der Waals surface area contributed by atoms with Gasteiger partial charge in [-0.3, -0.25) is 9.89 Å². The largest absolute Gasteiger partial charge is 0.332 e. The van der Waals surface area contributed by atoms with Gasteiger partial charge in [-0.05, 0) is 25.7 Å². The van der Waals surface area contributed by atoms with E-state index in [-0.39, 0.29) is 11.9 Å². The number of nitrogens with zero attached hydrogens (tertiary/aromatic N) is 3. The third-order valence-electron chi connectivity index (χ3n) is 3.57. The van der Waals surface area contributed by atoms with E-state index in [0.717, 1.165) is 50.9 Å². The summed E-state index contributed by atoms with van der Waals surface area (Å²) in [5.74, 6) is 1.10. The van der Waals surface area contributed by atoms with Gasteiger partial charge in [-0.1, -0.05) is 19.8 Å². The highest BCUT2D eigenvalue weighted by Crippen LogP contribution is 2.29. The Morgan fingerprint density at radius 2 is 2.39 bits per heavy atom. The highest BCUT2D eigenvalue weighted by Gasteiger charge is 2.29. The van der Waals surface area contributed by atoms with Crippen molar-refractivity contribution in [2.75, 3.05) is 6.54 Å². The SMILES string of the molecule is CCCCCC(=O)N1CCCC[C@@H]1c1ncn[nH]1. The Balaban J connectivity index is 1.97. The standard InChI is InChI=1S/C13H22N4O/c1-2-3-4-8-12(18)17-9-6-5-7-11(17)13-14-10-15-16-13/h10-11H,2-9H2,1H3,(H,14,15,16)/t11-/m1/s1. The maximum absolute atomic E-state index is 12.2. The zero-order valence-corrected chi connectivity index (χ0v) is 11.1. The van der Waals surface area contributed by atoms with Gasteiger partial charge in [0, 0.05) is 13.0 Å². The summed E-state index contributed by atoms with van der Waals surface area (Å²) in [6.07, 6.45) is 8.71. The summed E-state index contributed by atoms with van der Waals surface area (Å²) in [5, 5.41) is 6.80. The molecule has 5 heteroatoms. The number of piperidine rings is 1. The summed E-state index contributed by atoms with van der Waals surface area (Å²) in [5.41, 5.74) is 0. The Labute approximate surface area is 108 Å². The van der Waals surface area contributed by atoms with Crippen molar-refractivity contribution < 1.29 is 4.79 Å². The number of carbonyl (C=O) groups is 1. The van der Waals surface area contributed by atoms with Gasteiger partial charge in [0.05, 0.1) is 6.04 Å². The van der Waals surface area contributed by atoms with Gasteiger partial charge in [0.1, 0.15) is 12.2 Å². The lowest BCUT2D eigenvalue weighted by atomic mass is 10.0. The molecular weight excluding hydrogens is 228 g/mol. The van der Waals surface area contributed by atoms with Crippen LogP contribution in [0.1, 0.15) is 63.7 Å². The fraction of sp³-hybridized carbons (Fsp3) is 0.769. The molecular formula is C13H22N4O. The molecule has 2 rings (SSSR count). The van der Waals surface area contributed by atoms with Crippen molar-refractivity contribution in [1.29, 1.82) is 0 Å². The normalized spacial score (nSPS) is 20.1. The van der Waals surface area contributed by atoms with Gasteiger partial charge in [-0.15, -0.1) is 0 Å². The molecule has 0 saturated carbocycles. The second-order valence-electron chi connectivity index (χ2n) is 4.93.